The van der Waals surface area contributed by atoms with Crippen molar-refractivity contribution in [1.82, 2.24) is 20.2 Å². The summed E-state index contributed by atoms with van der Waals surface area (Å²) in [6, 6.07) is -0.667. The van der Waals surface area contributed by atoms with Gasteiger partial charge in [0.05, 0.1) is 0 Å². The summed E-state index contributed by atoms with van der Waals surface area (Å²) in [4.78, 5) is 11.2. The van der Waals surface area contributed by atoms with Crippen molar-refractivity contribution in [3.63, 3.8) is 0 Å². The monoisotopic (exact) mass is 244 g/mol. The van der Waals surface area contributed by atoms with Gasteiger partial charge in [0.25, 0.3) is 0 Å². The Hall–Kier alpha value is -1.11. The van der Waals surface area contributed by atoms with E-state index in [1.165, 1.54) is 4.68 Å². The van der Waals surface area contributed by atoms with Crippen LogP contribution in [0.1, 0.15) is 38.1 Å². The highest BCUT2D eigenvalue weighted by Crippen LogP contribution is 2.19. The van der Waals surface area contributed by atoms with Gasteiger partial charge in [-0.3, -0.25) is 0 Å². The summed E-state index contributed by atoms with van der Waals surface area (Å²) in [7, 11) is 0. The second kappa shape index (κ2) is 5.83. The highest BCUT2D eigenvalue weighted by Gasteiger charge is 2.24. The number of carboxylic acids is 1. The van der Waals surface area contributed by atoms with Crippen LogP contribution >= 0.6 is 11.8 Å². The van der Waals surface area contributed by atoms with E-state index >= 15 is 0 Å². The lowest BCUT2D eigenvalue weighted by molar-refractivity contribution is -0.141. The van der Waals surface area contributed by atoms with Gasteiger partial charge in [-0.05, 0) is 28.9 Å². The molecule has 7 heteroatoms. The SMILES string of the molecule is CSCCC(C(=O)O)n1nnnc1C(C)C. The number of aromatic nitrogens is 4. The second-order valence-corrected chi connectivity index (χ2v) is 4.76. The molecule has 1 unspecified atom stereocenters. The number of hydrogen-bond donors (Lipinski definition) is 1. The van der Waals surface area contributed by atoms with E-state index in [2.05, 4.69) is 15.5 Å². The number of thioether (sulfide) groups is 1. The van der Waals surface area contributed by atoms with Crippen LogP contribution in [0.25, 0.3) is 0 Å². The number of hydrogen-bond acceptors (Lipinski definition) is 5. The predicted molar refractivity (Wildman–Crippen MR) is 61.6 cm³/mol. The van der Waals surface area contributed by atoms with E-state index in [0.29, 0.717) is 12.2 Å². The molecule has 0 aliphatic heterocycles. The number of nitrogens with zero attached hydrogens (tertiary/aromatic N) is 4. The molecule has 1 N–H and O–H groups in total. The zero-order valence-corrected chi connectivity index (χ0v) is 10.4. The minimum absolute atomic E-state index is 0.117. The lowest BCUT2D eigenvalue weighted by atomic mass is 10.1. The van der Waals surface area contributed by atoms with Gasteiger partial charge >= 0.3 is 5.97 Å². The molecule has 0 radical (unpaired) electrons. The highest BCUT2D eigenvalue weighted by atomic mass is 32.2. The summed E-state index contributed by atoms with van der Waals surface area (Å²) in [5.41, 5.74) is 0. The molecule has 0 bridgehead atoms. The van der Waals surface area contributed by atoms with Gasteiger partial charge in [0, 0.05) is 5.92 Å². The molecule has 1 heterocycles. The van der Waals surface area contributed by atoms with E-state index in [0.717, 1.165) is 5.75 Å². The van der Waals surface area contributed by atoms with E-state index in [9.17, 15) is 4.79 Å². The van der Waals surface area contributed by atoms with Gasteiger partial charge in [-0.1, -0.05) is 13.8 Å². The fourth-order valence-electron chi connectivity index (χ4n) is 1.38. The number of carbonyl (C=O) groups is 1. The smallest absolute Gasteiger partial charge is 0.328 e. The summed E-state index contributed by atoms with van der Waals surface area (Å²) in [5.74, 6) is 0.622. The molecule has 90 valence electrons. The molecule has 1 atom stereocenters. The van der Waals surface area contributed by atoms with Gasteiger partial charge in [0.2, 0.25) is 0 Å². The van der Waals surface area contributed by atoms with Crippen molar-refractivity contribution in [3.05, 3.63) is 5.82 Å². The molecule has 0 aliphatic rings. The van der Waals surface area contributed by atoms with Crippen LogP contribution in [0.4, 0.5) is 0 Å². The van der Waals surface area contributed by atoms with Crippen LogP contribution in [-0.4, -0.2) is 43.3 Å². The first-order chi connectivity index (χ1) is 7.57. The van der Waals surface area contributed by atoms with Crippen LogP contribution in [-0.2, 0) is 4.79 Å². The molecule has 1 aromatic heterocycles. The van der Waals surface area contributed by atoms with Crippen LogP contribution in [0, 0.1) is 0 Å². The van der Waals surface area contributed by atoms with Gasteiger partial charge in [-0.25, -0.2) is 9.48 Å². The molecular formula is C9H16N4O2S. The number of tetrazole rings is 1. The van der Waals surface area contributed by atoms with Crippen molar-refractivity contribution >= 4 is 17.7 Å². The van der Waals surface area contributed by atoms with Crippen molar-refractivity contribution in [2.45, 2.75) is 32.2 Å². The third-order valence-corrected chi connectivity index (χ3v) is 2.85. The molecule has 6 nitrogen and oxygen atoms in total. The predicted octanol–water partition coefficient (Wildman–Crippen LogP) is 1.18. The van der Waals surface area contributed by atoms with Crippen LogP contribution in [0.15, 0.2) is 0 Å². The zero-order chi connectivity index (χ0) is 12.1. The highest BCUT2D eigenvalue weighted by molar-refractivity contribution is 7.98. The Kier molecular flexibility index (Phi) is 4.72. The van der Waals surface area contributed by atoms with Crippen molar-refractivity contribution in [3.8, 4) is 0 Å². The lowest BCUT2D eigenvalue weighted by Gasteiger charge is -2.14. The maximum atomic E-state index is 11.2. The fraction of sp³-hybridized carbons (Fsp3) is 0.778. The number of aliphatic carboxylic acids is 1. The summed E-state index contributed by atoms with van der Waals surface area (Å²) >= 11 is 1.61. The standard InChI is InChI=1S/C9H16N4O2S/c1-6(2)8-10-11-12-13(8)7(9(14)15)4-5-16-3/h6-7H,4-5H2,1-3H3,(H,14,15). The molecule has 0 amide bonds. The molecule has 0 aliphatic carbocycles. The average molecular weight is 244 g/mol. The maximum absolute atomic E-state index is 11.2. The van der Waals surface area contributed by atoms with E-state index in [1.807, 2.05) is 20.1 Å². The summed E-state index contributed by atoms with van der Waals surface area (Å²) in [5, 5.41) is 20.3. The molecule has 1 aromatic rings. The molecule has 0 fully saturated rings. The van der Waals surface area contributed by atoms with Crippen molar-refractivity contribution in [2.24, 2.45) is 0 Å². The molecule has 0 aromatic carbocycles. The quantitative estimate of drug-likeness (QED) is 0.809. The maximum Gasteiger partial charge on any atom is 0.328 e. The van der Waals surface area contributed by atoms with Gasteiger partial charge in [-0.2, -0.15) is 11.8 Å². The topological polar surface area (TPSA) is 80.9 Å². The van der Waals surface area contributed by atoms with E-state index in [4.69, 9.17) is 5.11 Å². The van der Waals surface area contributed by atoms with E-state index in [-0.39, 0.29) is 5.92 Å². The van der Waals surface area contributed by atoms with E-state index in [1.54, 1.807) is 11.8 Å². The summed E-state index contributed by atoms with van der Waals surface area (Å²) < 4.78 is 1.42. The van der Waals surface area contributed by atoms with Crippen molar-refractivity contribution < 1.29 is 9.90 Å². The van der Waals surface area contributed by atoms with Crippen LogP contribution in [0.3, 0.4) is 0 Å². The Balaban J connectivity index is 2.92. The normalized spacial score (nSPS) is 13.0. The largest absolute Gasteiger partial charge is 0.480 e. The molecule has 0 saturated carbocycles. The van der Waals surface area contributed by atoms with E-state index < -0.39 is 12.0 Å². The average Bonchev–Trinajstić information content (AvgIpc) is 2.66. The first-order valence-electron chi connectivity index (χ1n) is 5.07. The minimum Gasteiger partial charge on any atom is -0.480 e. The minimum atomic E-state index is -0.886. The first-order valence-corrected chi connectivity index (χ1v) is 6.46. The Bertz CT molecular complexity index is 353. The Morgan fingerprint density at radius 1 is 1.56 bits per heavy atom. The lowest BCUT2D eigenvalue weighted by Crippen LogP contribution is -2.23. The van der Waals surface area contributed by atoms with Crippen LogP contribution in [0.2, 0.25) is 0 Å². The Labute approximate surface area is 98.4 Å². The second-order valence-electron chi connectivity index (χ2n) is 3.77. The van der Waals surface area contributed by atoms with Crippen LogP contribution in [0.5, 0.6) is 0 Å². The molecule has 0 saturated heterocycles. The fourth-order valence-corrected chi connectivity index (χ4v) is 1.84. The third kappa shape index (κ3) is 2.94. The van der Waals surface area contributed by atoms with Gasteiger partial charge < -0.3 is 5.11 Å². The zero-order valence-electron chi connectivity index (χ0n) is 9.62. The Morgan fingerprint density at radius 3 is 2.75 bits per heavy atom. The summed E-state index contributed by atoms with van der Waals surface area (Å²) in [6.45, 7) is 3.88. The third-order valence-electron chi connectivity index (χ3n) is 2.21. The number of carboxylic acid groups (broad SMARTS) is 1. The first kappa shape index (κ1) is 13.0. The Morgan fingerprint density at radius 2 is 2.25 bits per heavy atom. The molecule has 0 spiro atoms. The van der Waals surface area contributed by atoms with Gasteiger partial charge in [-0.15, -0.1) is 5.10 Å². The van der Waals surface area contributed by atoms with Crippen molar-refractivity contribution in [1.29, 1.82) is 0 Å². The summed E-state index contributed by atoms with van der Waals surface area (Å²) in [6.07, 6.45) is 2.48. The van der Waals surface area contributed by atoms with Crippen LogP contribution < -0.4 is 0 Å². The van der Waals surface area contributed by atoms with Crippen molar-refractivity contribution in [2.75, 3.05) is 12.0 Å². The molecule has 1 rings (SSSR count). The molecule has 16 heavy (non-hydrogen) atoms. The van der Waals surface area contributed by atoms with Gasteiger partial charge in [0.15, 0.2) is 11.9 Å². The van der Waals surface area contributed by atoms with Gasteiger partial charge in [0.1, 0.15) is 0 Å². The number of rotatable bonds is 6. The molecular weight excluding hydrogens is 228 g/mol.